The fraction of sp³-hybridized carbons (Fsp3) is 0.385. The minimum absolute atomic E-state index is 0.0183. The SMILES string of the molecule is O=C(O)C[C@@H](NC/C=C1/C=C(C(=O)O)N[C@@H](C(=O)O)C1)C(=O)O. The molecule has 6 N–H and O–H groups in total. The number of hydrogen-bond donors (Lipinski definition) is 6. The number of aliphatic carboxylic acids is 4. The Balaban J connectivity index is 2.78. The Morgan fingerprint density at radius 2 is 1.91 bits per heavy atom. The van der Waals surface area contributed by atoms with Gasteiger partial charge in [0.15, 0.2) is 0 Å². The highest BCUT2D eigenvalue weighted by atomic mass is 16.4. The monoisotopic (exact) mass is 328 g/mol. The van der Waals surface area contributed by atoms with Crippen LogP contribution in [0.4, 0.5) is 0 Å². The Morgan fingerprint density at radius 1 is 1.26 bits per heavy atom. The Hall–Kier alpha value is -2.88. The summed E-state index contributed by atoms with van der Waals surface area (Å²) in [6.07, 6.45) is 2.08. The fourth-order valence-corrected chi connectivity index (χ4v) is 1.93. The molecule has 10 heteroatoms. The van der Waals surface area contributed by atoms with E-state index in [-0.39, 0.29) is 18.7 Å². The zero-order chi connectivity index (χ0) is 17.6. The number of nitrogens with one attached hydrogen (secondary N) is 2. The van der Waals surface area contributed by atoms with Gasteiger partial charge in [0, 0.05) is 13.0 Å². The van der Waals surface area contributed by atoms with E-state index in [1.807, 2.05) is 0 Å². The van der Waals surface area contributed by atoms with Crippen LogP contribution in [0.25, 0.3) is 0 Å². The van der Waals surface area contributed by atoms with Crippen LogP contribution in [0.1, 0.15) is 12.8 Å². The van der Waals surface area contributed by atoms with E-state index in [0.29, 0.717) is 5.57 Å². The molecule has 1 aliphatic heterocycles. The molecule has 0 spiro atoms. The van der Waals surface area contributed by atoms with Gasteiger partial charge in [0.25, 0.3) is 0 Å². The summed E-state index contributed by atoms with van der Waals surface area (Å²) in [4.78, 5) is 43.4. The zero-order valence-electron chi connectivity index (χ0n) is 11.9. The predicted molar refractivity (Wildman–Crippen MR) is 74.7 cm³/mol. The van der Waals surface area contributed by atoms with Crippen LogP contribution >= 0.6 is 0 Å². The van der Waals surface area contributed by atoms with Crippen LogP contribution < -0.4 is 10.6 Å². The Morgan fingerprint density at radius 3 is 2.39 bits per heavy atom. The maximum absolute atomic E-state index is 11.0. The second kappa shape index (κ2) is 7.94. The van der Waals surface area contributed by atoms with Crippen molar-refractivity contribution in [1.82, 2.24) is 10.6 Å². The minimum Gasteiger partial charge on any atom is -0.481 e. The van der Waals surface area contributed by atoms with Crippen molar-refractivity contribution in [2.24, 2.45) is 0 Å². The highest BCUT2D eigenvalue weighted by Gasteiger charge is 2.26. The van der Waals surface area contributed by atoms with Crippen LogP contribution in [-0.4, -0.2) is 62.9 Å². The zero-order valence-corrected chi connectivity index (χ0v) is 11.9. The van der Waals surface area contributed by atoms with Gasteiger partial charge in [-0.25, -0.2) is 9.59 Å². The van der Waals surface area contributed by atoms with Crippen molar-refractivity contribution in [3.8, 4) is 0 Å². The molecule has 23 heavy (non-hydrogen) atoms. The average Bonchev–Trinajstić information content (AvgIpc) is 2.45. The molecule has 0 saturated heterocycles. The predicted octanol–water partition coefficient (Wildman–Crippen LogP) is -1.15. The summed E-state index contributed by atoms with van der Waals surface area (Å²) >= 11 is 0. The molecule has 0 aromatic heterocycles. The van der Waals surface area contributed by atoms with E-state index < -0.39 is 42.4 Å². The number of carboxylic acids is 4. The molecule has 0 aliphatic carbocycles. The van der Waals surface area contributed by atoms with E-state index >= 15 is 0 Å². The largest absolute Gasteiger partial charge is 0.481 e. The van der Waals surface area contributed by atoms with Crippen LogP contribution in [-0.2, 0) is 19.2 Å². The van der Waals surface area contributed by atoms with Crippen molar-refractivity contribution in [2.45, 2.75) is 24.9 Å². The summed E-state index contributed by atoms with van der Waals surface area (Å²) in [5, 5.41) is 40.2. The number of carboxylic acid groups (broad SMARTS) is 4. The Labute approximate surface area is 130 Å². The first-order chi connectivity index (χ1) is 10.7. The normalized spacial score (nSPS) is 20.3. The van der Waals surface area contributed by atoms with Gasteiger partial charge < -0.3 is 31.1 Å². The third kappa shape index (κ3) is 5.79. The highest BCUT2D eigenvalue weighted by Crippen LogP contribution is 2.16. The molecule has 0 amide bonds. The molecule has 126 valence electrons. The summed E-state index contributed by atoms with van der Waals surface area (Å²) < 4.78 is 0. The lowest BCUT2D eigenvalue weighted by atomic mass is 10.00. The summed E-state index contributed by atoms with van der Waals surface area (Å²) in [6.45, 7) is -0.0463. The molecule has 0 bridgehead atoms. The lowest BCUT2D eigenvalue weighted by Gasteiger charge is -2.22. The molecular formula is C13H16N2O8. The molecule has 0 saturated carbocycles. The van der Waals surface area contributed by atoms with Crippen molar-refractivity contribution in [2.75, 3.05) is 6.54 Å². The van der Waals surface area contributed by atoms with Crippen molar-refractivity contribution in [3.05, 3.63) is 23.4 Å². The molecule has 0 fully saturated rings. The lowest BCUT2D eigenvalue weighted by molar-refractivity contribution is -0.145. The molecule has 1 heterocycles. The smallest absolute Gasteiger partial charge is 0.351 e. The van der Waals surface area contributed by atoms with Gasteiger partial charge in [0.05, 0.1) is 6.42 Å². The second-order valence-corrected chi connectivity index (χ2v) is 4.78. The van der Waals surface area contributed by atoms with E-state index in [1.54, 1.807) is 0 Å². The van der Waals surface area contributed by atoms with Crippen molar-refractivity contribution >= 4 is 23.9 Å². The van der Waals surface area contributed by atoms with Crippen LogP contribution in [0.5, 0.6) is 0 Å². The second-order valence-electron chi connectivity index (χ2n) is 4.78. The van der Waals surface area contributed by atoms with Crippen molar-refractivity contribution in [1.29, 1.82) is 0 Å². The van der Waals surface area contributed by atoms with E-state index in [2.05, 4.69) is 10.6 Å². The highest BCUT2D eigenvalue weighted by molar-refractivity contribution is 5.89. The molecule has 10 nitrogen and oxygen atoms in total. The number of hydrogen-bond acceptors (Lipinski definition) is 6. The van der Waals surface area contributed by atoms with E-state index in [9.17, 15) is 19.2 Å². The molecule has 0 aromatic carbocycles. The maximum atomic E-state index is 11.0. The van der Waals surface area contributed by atoms with Gasteiger partial charge in [-0.05, 0) is 11.6 Å². The average molecular weight is 328 g/mol. The van der Waals surface area contributed by atoms with Gasteiger partial charge in [-0.2, -0.15) is 0 Å². The topological polar surface area (TPSA) is 173 Å². The molecular weight excluding hydrogens is 312 g/mol. The van der Waals surface area contributed by atoms with Gasteiger partial charge in [-0.3, -0.25) is 9.59 Å². The van der Waals surface area contributed by atoms with Gasteiger partial charge in [-0.15, -0.1) is 0 Å². The minimum atomic E-state index is -1.33. The number of carbonyl (C=O) groups is 4. The van der Waals surface area contributed by atoms with Crippen LogP contribution in [0.15, 0.2) is 23.4 Å². The first-order valence-corrected chi connectivity index (χ1v) is 6.52. The van der Waals surface area contributed by atoms with Gasteiger partial charge >= 0.3 is 23.9 Å². The summed E-state index contributed by atoms with van der Waals surface area (Å²) in [7, 11) is 0. The van der Waals surface area contributed by atoms with Gasteiger partial charge in [0.2, 0.25) is 0 Å². The molecule has 0 unspecified atom stereocenters. The first-order valence-electron chi connectivity index (χ1n) is 6.52. The maximum Gasteiger partial charge on any atom is 0.351 e. The van der Waals surface area contributed by atoms with E-state index in [1.165, 1.54) is 12.2 Å². The third-order valence-electron chi connectivity index (χ3n) is 3.03. The Bertz CT molecular complexity index is 581. The molecule has 0 aromatic rings. The quantitative estimate of drug-likeness (QED) is 0.319. The van der Waals surface area contributed by atoms with Crippen molar-refractivity contribution in [3.63, 3.8) is 0 Å². The molecule has 1 rings (SSSR count). The summed E-state index contributed by atoms with van der Waals surface area (Å²) in [5.74, 6) is -5.14. The standard InChI is InChI=1S/C13H16N2O8/c16-10(17)5-7(11(18)19)14-2-1-6-3-8(12(20)21)15-9(4-6)13(22)23/h1,3,7,9,14-15H,2,4-5H2,(H,16,17)(H,18,19)(H,20,21)(H,22,23)/b6-1-/t7-,9-/m1/s1. The van der Waals surface area contributed by atoms with Gasteiger partial charge in [-0.1, -0.05) is 6.08 Å². The number of allylic oxidation sites excluding steroid dienone is 1. The van der Waals surface area contributed by atoms with Crippen LogP contribution in [0.3, 0.4) is 0 Å². The molecule has 2 atom stereocenters. The van der Waals surface area contributed by atoms with Crippen molar-refractivity contribution < 1.29 is 39.6 Å². The Kier molecular flexibility index (Phi) is 6.27. The lowest BCUT2D eigenvalue weighted by Crippen LogP contribution is -2.41. The van der Waals surface area contributed by atoms with E-state index in [0.717, 1.165) is 0 Å². The molecule has 1 aliphatic rings. The fourth-order valence-electron chi connectivity index (χ4n) is 1.93. The first kappa shape index (κ1) is 18.2. The van der Waals surface area contributed by atoms with E-state index in [4.69, 9.17) is 20.4 Å². The third-order valence-corrected chi connectivity index (χ3v) is 3.03. The van der Waals surface area contributed by atoms with Gasteiger partial charge in [0.1, 0.15) is 17.8 Å². The van der Waals surface area contributed by atoms with Crippen LogP contribution in [0.2, 0.25) is 0 Å². The van der Waals surface area contributed by atoms with Crippen LogP contribution in [0, 0.1) is 0 Å². The summed E-state index contributed by atoms with van der Waals surface area (Å²) in [6, 6.07) is -2.41. The summed E-state index contributed by atoms with van der Waals surface area (Å²) in [5.41, 5.74) is 0.107. The molecule has 0 radical (unpaired) electrons. The number of rotatable bonds is 8.